The van der Waals surface area contributed by atoms with Crippen molar-refractivity contribution in [2.45, 2.75) is 157 Å². The predicted octanol–water partition coefficient (Wildman–Crippen LogP) is 7.22. The summed E-state index contributed by atoms with van der Waals surface area (Å²) in [5, 5.41) is 0. The van der Waals surface area contributed by atoms with E-state index in [4.69, 9.17) is 23.7 Å². The lowest BCUT2D eigenvalue weighted by molar-refractivity contribution is -0.189. The molecule has 0 spiro atoms. The second-order valence-corrected chi connectivity index (χ2v) is 18.4. The molecule has 1 heterocycles. The predicted molar refractivity (Wildman–Crippen MR) is 179 cm³/mol. The maximum Gasteiger partial charge on any atom is 0.312 e. The summed E-state index contributed by atoms with van der Waals surface area (Å²) in [4.78, 5) is 55.0. The fourth-order valence-corrected chi connectivity index (χ4v) is 10.5. The summed E-state index contributed by atoms with van der Waals surface area (Å²) in [6.45, 7) is 19.6. The maximum atomic E-state index is 14.7. The molecule has 4 saturated carbocycles. The topological polar surface area (TPSA) is 114 Å². The highest BCUT2D eigenvalue weighted by molar-refractivity contribution is 5.83. The summed E-state index contributed by atoms with van der Waals surface area (Å²) in [6.07, 6.45) is 6.44. The summed E-state index contributed by atoms with van der Waals surface area (Å²) in [6, 6.07) is 0. The van der Waals surface area contributed by atoms with Gasteiger partial charge in [0, 0.05) is 24.9 Å². The van der Waals surface area contributed by atoms with Gasteiger partial charge in [-0.3, -0.25) is 19.2 Å². The van der Waals surface area contributed by atoms with Crippen LogP contribution in [-0.4, -0.2) is 60.5 Å². The molecular formula is C39H62O9. The number of hydrogen-bond acceptors (Lipinski definition) is 9. The van der Waals surface area contributed by atoms with Crippen molar-refractivity contribution in [2.75, 3.05) is 13.2 Å². The minimum Gasteiger partial charge on any atom is -0.465 e. The lowest BCUT2D eigenvalue weighted by atomic mass is 9.64. The second kappa shape index (κ2) is 13.2. The standard InChI is InChI=1S/C39H62O9/c1-11-37(8,33(42)47-35(3,4)5)22-38(9,34(43)48-39(10)19-23-16-28(39)26-15-13-14-25(23)26)21-36(6,7)32(41)46-30-18-27-24(20-45-31(27)40)17-29(30)44-12-2/h23-30H,11-22H2,1-10H3. The van der Waals surface area contributed by atoms with Crippen molar-refractivity contribution < 1.29 is 42.9 Å². The van der Waals surface area contributed by atoms with Gasteiger partial charge in [0.1, 0.15) is 17.3 Å². The highest BCUT2D eigenvalue weighted by Gasteiger charge is 2.62. The van der Waals surface area contributed by atoms with Gasteiger partial charge >= 0.3 is 23.9 Å². The fourth-order valence-electron chi connectivity index (χ4n) is 10.5. The number of carbonyl (C=O) groups is 4. The van der Waals surface area contributed by atoms with Crippen LogP contribution in [0.25, 0.3) is 0 Å². The van der Waals surface area contributed by atoms with E-state index in [1.165, 1.54) is 19.3 Å². The molecule has 4 aliphatic carbocycles. The molecule has 5 rings (SSSR count). The molecule has 2 bridgehead atoms. The van der Waals surface area contributed by atoms with Crippen molar-refractivity contribution in [3.63, 3.8) is 0 Å². The van der Waals surface area contributed by atoms with Crippen LogP contribution in [0.4, 0.5) is 0 Å². The Morgan fingerprint density at radius 2 is 1.52 bits per heavy atom. The van der Waals surface area contributed by atoms with Crippen LogP contribution in [0.2, 0.25) is 0 Å². The van der Waals surface area contributed by atoms with Gasteiger partial charge in [0.2, 0.25) is 0 Å². The Bertz CT molecular complexity index is 1250. The van der Waals surface area contributed by atoms with Gasteiger partial charge < -0.3 is 23.7 Å². The zero-order valence-electron chi connectivity index (χ0n) is 31.3. The Kier molecular flexibility index (Phi) is 10.2. The third kappa shape index (κ3) is 7.18. The highest BCUT2D eigenvalue weighted by atomic mass is 16.6. The Hall–Kier alpha value is -2.16. The zero-order chi connectivity index (χ0) is 35.4. The van der Waals surface area contributed by atoms with Gasteiger partial charge in [-0.05, 0) is 131 Å². The van der Waals surface area contributed by atoms with Crippen molar-refractivity contribution in [3.8, 4) is 0 Å². The van der Waals surface area contributed by atoms with Crippen LogP contribution in [0.3, 0.4) is 0 Å². The van der Waals surface area contributed by atoms with Crippen LogP contribution in [-0.2, 0) is 42.9 Å². The first-order valence-electron chi connectivity index (χ1n) is 18.7. The van der Waals surface area contributed by atoms with Gasteiger partial charge in [-0.15, -0.1) is 0 Å². The SMILES string of the molecule is CCOC1CC2COC(=O)C2CC1OC(=O)C(C)(C)CC(C)(CC(C)(CC)C(=O)OC(C)(C)C)C(=O)OC1(C)CC2CC1C1CCCC21. The average molecular weight is 675 g/mol. The first-order valence-corrected chi connectivity index (χ1v) is 18.7. The molecule has 9 nitrogen and oxygen atoms in total. The Morgan fingerprint density at radius 1 is 0.833 bits per heavy atom. The van der Waals surface area contributed by atoms with Crippen LogP contribution >= 0.6 is 0 Å². The molecule has 1 aliphatic heterocycles. The van der Waals surface area contributed by atoms with Crippen molar-refractivity contribution in [2.24, 2.45) is 51.8 Å². The van der Waals surface area contributed by atoms with Crippen LogP contribution in [0.15, 0.2) is 0 Å². The van der Waals surface area contributed by atoms with Crippen LogP contribution in [0, 0.1) is 51.8 Å². The normalized spacial score (nSPS) is 36.8. The minimum absolute atomic E-state index is 0.0568. The molecule has 0 amide bonds. The third-order valence-corrected chi connectivity index (χ3v) is 12.8. The molecule has 0 aromatic rings. The van der Waals surface area contributed by atoms with Gasteiger partial charge in [-0.2, -0.15) is 0 Å². The molecule has 11 unspecified atom stereocenters. The smallest absolute Gasteiger partial charge is 0.312 e. The van der Waals surface area contributed by atoms with E-state index in [0.29, 0.717) is 50.2 Å². The summed E-state index contributed by atoms with van der Waals surface area (Å²) in [5.74, 6) is 0.593. The Morgan fingerprint density at radius 3 is 2.17 bits per heavy atom. The maximum absolute atomic E-state index is 14.7. The number of hydrogen-bond donors (Lipinski definition) is 0. The van der Waals surface area contributed by atoms with E-state index in [-0.39, 0.29) is 48.7 Å². The van der Waals surface area contributed by atoms with E-state index >= 15 is 0 Å². The average Bonchev–Trinajstić information content (AvgIpc) is 3.74. The lowest BCUT2D eigenvalue weighted by Gasteiger charge is -2.45. The van der Waals surface area contributed by atoms with E-state index in [9.17, 15) is 19.2 Å². The molecule has 0 N–H and O–H groups in total. The molecule has 5 aliphatic rings. The molecule has 0 radical (unpaired) electrons. The molecule has 48 heavy (non-hydrogen) atoms. The first kappa shape index (κ1) is 37.1. The number of carbonyl (C=O) groups excluding carboxylic acids is 4. The van der Waals surface area contributed by atoms with E-state index in [0.717, 1.165) is 18.8 Å². The molecule has 0 aromatic carbocycles. The number of ether oxygens (including phenoxy) is 5. The summed E-state index contributed by atoms with van der Waals surface area (Å²) >= 11 is 0. The molecule has 9 heteroatoms. The molecule has 11 atom stereocenters. The van der Waals surface area contributed by atoms with Gasteiger partial charge in [0.15, 0.2) is 0 Å². The van der Waals surface area contributed by atoms with Crippen LogP contribution in [0.1, 0.15) is 133 Å². The monoisotopic (exact) mass is 674 g/mol. The lowest BCUT2D eigenvalue weighted by Crippen LogP contribution is -2.50. The number of cyclic esters (lactones) is 1. The van der Waals surface area contributed by atoms with E-state index in [1.54, 1.807) is 13.8 Å². The number of fused-ring (bicyclic) bond motifs is 6. The second-order valence-electron chi connectivity index (χ2n) is 18.4. The fraction of sp³-hybridized carbons (Fsp3) is 0.897. The van der Waals surface area contributed by atoms with Gasteiger partial charge in [-0.25, -0.2) is 0 Å². The molecule has 5 fully saturated rings. The quantitative estimate of drug-likeness (QED) is 0.156. The largest absolute Gasteiger partial charge is 0.465 e. The van der Waals surface area contributed by atoms with Crippen molar-refractivity contribution >= 4 is 23.9 Å². The highest BCUT2D eigenvalue weighted by Crippen LogP contribution is 2.64. The summed E-state index contributed by atoms with van der Waals surface area (Å²) < 4.78 is 30.1. The Labute approximate surface area is 288 Å². The molecule has 1 saturated heterocycles. The third-order valence-electron chi connectivity index (χ3n) is 12.8. The van der Waals surface area contributed by atoms with Crippen LogP contribution in [0.5, 0.6) is 0 Å². The van der Waals surface area contributed by atoms with Crippen molar-refractivity contribution in [1.82, 2.24) is 0 Å². The van der Waals surface area contributed by atoms with Crippen molar-refractivity contribution in [1.29, 1.82) is 0 Å². The van der Waals surface area contributed by atoms with E-state index in [2.05, 4.69) is 6.92 Å². The molecular weight excluding hydrogens is 612 g/mol. The van der Waals surface area contributed by atoms with E-state index in [1.807, 2.05) is 48.5 Å². The number of esters is 4. The summed E-state index contributed by atoms with van der Waals surface area (Å²) in [7, 11) is 0. The van der Waals surface area contributed by atoms with Crippen molar-refractivity contribution in [3.05, 3.63) is 0 Å². The molecule has 0 aromatic heterocycles. The van der Waals surface area contributed by atoms with Gasteiger partial charge in [0.25, 0.3) is 0 Å². The Balaban J connectivity index is 1.39. The van der Waals surface area contributed by atoms with Gasteiger partial charge in [-0.1, -0.05) is 13.3 Å². The number of rotatable bonds is 12. The van der Waals surface area contributed by atoms with E-state index < -0.39 is 39.5 Å². The summed E-state index contributed by atoms with van der Waals surface area (Å²) in [5.41, 5.74) is -4.56. The first-order chi connectivity index (χ1) is 22.2. The zero-order valence-corrected chi connectivity index (χ0v) is 31.3. The van der Waals surface area contributed by atoms with Gasteiger partial charge in [0.05, 0.1) is 34.9 Å². The van der Waals surface area contributed by atoms with Crippen LogP contribution < -0.4 is 0 Å². The molecule has 272 valence electrons. The minimum atomic E-state index is -1.20.